The van der Waals surface area contributed by atoms with Gasteiger partial charge in [-0.15, -0.1) is 0 Å². The number of rotatable bonds is 49. The number of carboxylic acids is 4. The second-order valence-electron chi connectivity index (χ2n) is 34.0. The normalized spacial score (nSPS) is 11.1. The molecule has 0 aromatic heterocycles. The van der Waals surface area contributed by atoms with E-state index in [0.29, 0.717) is 59.2 Å². The van der Waals surface area contributed by atoms with E-state index in [1.807, 2.05) is 220 Å². The molecular weight excluding hydrogens is 1740 g/mol. The number of halogens is 1. The van der Waals surface area contributed by atoms with Gasteiger partial charge in [0.2, 0.25) is 17.7 Å². The van der Waals surface area contributed by atoms with Crippen LogP contribution >= 0.6 is 0 Å². The van der Waals surface area contributed by atoms with Gasteiger partial charge in [-0.05, 0) is 281 Å². The predicted octanol–water partition coefficient (Wildman–Crippen LogP) is 24.2. The van der Waals surface area contributed by atoms with Gasteiger partial charge in [0, 0.05) is 34.9 Å². The van der Waals surface area contributed by atoms with Crippen LogP contribution in [-0.2, 0) is 99.3 Å². The van der Waals surface area contributed by atoms with Crippen molar-refractivity contribution in [2.75, 3.05) is 33.2 Å². The molecule has 0 bridgehead atoms. The summed E-state index contributed by atoms with van der Waals surface area (Å²) in [6.45, 7) is 4.91. The molecule has 12 rings (SSSR count). The Hall–Kier alpha value is -14.8. The molecule has 0 aliphatic heterocycles. The van der Waals surface area contributed by atoms with Gasteiger partial charge in [-0.3, -0.25) is 24.0 Å². The van der Waals surface area contributed by atoms with Gasteiger partial charge >= 0.3 is 29.8 Å². The topological polar surface area (TPSA) is 341 Å². The van der Waals surface area contributed by atoms with Crippen LogP contribution in [0.3, 0.4) is 0 Å². The number of anilines is 5. The Labute approximate surface area is 809 Å². The second-order valence-corrected chi connectivity index (χ2v) is 34.0. The molecule has 0 aliphatic rings. The molecule has 12 aromatic rings. The van der Waals surface area contributed by atoms with E-state index >= 15 is 0 Å². The number of unbranched alkanes of at least 4 members (excludes halogenated alkanes) is 10. The summed E-state index contributed by atoms with van der Waals surface area (Å²) in [7, 11) is 0. The highest BCUT2D eigenvalue weighted by Gasteiger charge is 2.23. The van der Waals surface area contributed by atoms with Crippen molar-refractivity contribution in [1.82, 2.24) is 0 Å². The molecule has 720 valence electrons. The fourth-order valence-corrected chi connectivity index (χ4v) is 16.4. The lowest BCUT2D eigenvalue weighted by Crippen LogP contribution is -2.25. The molecule has 5 amide bonds. The van der Waals surface area contributed by atoms with Crippen LogP contribution in [0.15, 0.2) is 297 Å². The third-order valence-corrected chi connectivity index (χ3v) is 23.9. The van der Waals surface area contributed by atoms with E-state index in [2.05, 4.69) is 32.7 Å². The summed E-state index contributed by atoms with van der Waals surface area (Å²) in [5, 5.41) is 61.2. The van der Waals surface area contributed by atoms with Crippen LogP contribution in [-0.4, -0.2) is 97.6 Å². The first kappa shape index (κ1) is 107. The average Bonchev–Trinajstić information content (AvgIpc) is 0.841. The summed E-state index contributed by atoms with van der Waals surface area (Å²) in [6, 6.07) is 90.5. The van der Waals surface area contributed by atoms with Gasteiger partial charge in [-0.2, -0.15) is 0 Å². The number of hydrogen-bond acceptors (Lipinski definition) is 12. The quantitative estimate of drug-likeness (QED) is 0.0125. The van der Waals surface area contributed by atoms with E-state index in [1.165, 1.54) is 19.1 Å². The minimum Gasteiger partial charge on any atom is -0.478 e. The molecule has 0 spiro atoms. The molecule has 0 heterocycles. The molecule has 1 unspecified atom stereocenters. The number of aromatic carboxylic acids is 4. The van der Waals surface area contributed by atoms with Crippen LogP contribution < -0.4 is 26.6 Å². The highest BCUT2D eigenvalue weighted by molar-refractivity contribution is 5.99. The Bertz CT molecular complexity index is 5940. The number of esters is 1. The minimum absolute atomic E-state index is 0.00101. The maximum absolute atomic E-state index is 13.2. The van der Waals surface area contributed by atoms with Crippen LogP contribution in [0.1, 0.15) is 254 Å². The highest BCUT2D eigenvalue weighted by Crippen LogP contribution is 2.29. The molecular formula is C116H128FN5O16. The summed E-state index contributed by atoms with van der Waals surface area (Å²) >= 11 is 0. The number of amides is 5. The van der Waals surface area contributed by atoms with Crippen molar-refractivity contribution in [3.05, 3.63) is 398 Å². The van der Waals surface area contributed by atoms with Crippen LogP contribution in [0.25, 0.3) is 0 Å². The standard InChI is InChI=1S/C48H52N2O6.C26H26FNO3.C21H25NO4.C21H25NO3/c1-2-40(35-20-6-3-7-21-35)46(52)50-44-33-19-15-29-39(44)27-11-5-9-23-37-25-13-17-31-42(37)48(55)56-34-45(51)49-43-32-18-14-28-38(43)26-10-4-8-22-36-24-12-16-30-41(36)47(53)54;27-22-16-14-19(15-17-22)18-25(29)28-24-13-7-5-11-21(24)10-3-1-2-8-20-9-4-6-12-23(20)26(30)31;1-15(23)20(24)22-19-14-8-6-12-17(19)11-4-2-3-9-16-10-5-7-13-18(16)21(25)26;1-2-20(23)22-19-15-9-7-13-17(19)12-5-3-4-10-16-11-6-8-14-18(16)21(24)25/h3,6-7,12-21,24-25,28-33,40H,2,4-5,8-11,22-23,26-27,34H2,1H3,(H,49,51)(H,50,52)(H,53,54);4-7,9,11-17H,1-3,8,10,18H2,(H,28,29)(H,30,31);5-8,10,12-15,23H,2-4,9,11H2,1H3,(H,22,24)(H,25,26);6-9,11,13-15H,2-5,10,12H2,1H3,(H,22,23)(H,24,25)/t;;15-;/m..0./s1. The van der Waals surface area contributed by atoms with Gasteiger partial charge in [0.15, 0.2) is 6.61 Å². The summed E-state index contributed by atoms with van der Waals surface area (Å²) in [6.07, 6.45) is 22.1. The third-order valence-electron chi connectivity index (χ3n) is 23.9. The van der Waals surface area contributed by atoms with Crippen LogP contribution in [0.4, 0.5) is 32.8 Å². The Balaban J connectivity index is 0.000000221. The summed E-state index contributed by atoms with van der Waals surface area (Å²) in [5.41, 5.74) is 17.4. The fraction of sp³-hybridized carbons (Fsp3) is 0.293. The van der Waals surface area contributed by atoms with Crippen molar-refractivity contribution in [3.63, 3.8) is 0 Å². The number of carboxylic acid groups (broad SMARTS) is 4. The number of benzene rings is 12. The highest BCUT2D eigenvalue weighted by atomic mass is 19.1. The number of ether oxygens (including phenoxy) is 1. The van der Waals surface area contributed by atoms with Crippen LogP contribution in [0.5, 0.6) is 0 Å². The number of carbonyl (C=O) groups is 10. The molecule has 12 aromatic carbocycles. The first-order chi connectivity index (χ1) is 67.0. The number of aryl methyl sites for hydroxylation is 10. The molecule has 138 heavy (non-hydrogen) atoms. The molecule has 2 atom stereocenters. The first-order valence-corrected chi connectivity index (χ1v) is 47.8. The maximum atomic E-state index is 13.2. The van der Waals surface area contributed by atoms with E-state index in [1.54, 1.807) is 72.8 Å². The van der Waals surface area contributed by atoms with E-state index in [4.69, 9.17) is 4.74 Å². The summed E-state index contributed by atoms with van der Waals surface area (Å²) < 4.78 is 18.5. The number of para-hydroxylation sites is 5. The number of hydrogen-bond donors (Lipinski definition) is 10. The monoisotopic (exact) mass is 1870 g/mol. The molecule has 22 heteroatoms. The van der Waals surface area contributed by atoms with Gasteiger partial charge in [-0.1, -0.05) is 270 Å². The summed E-state index contributed by atoms with van der Waals surface area (Å²) in [5.74, 6) is -5.53. The summed E-state index contributed by atoms with van der Waals surface area (Å²) in [4.78, 5) is 120. The Morgan fingerprint density at radius 3 is 0.841 bits per heavy atom. The molecule has 10 N–H and O–H groups in total. The van der Waals surface area contributed by atoms with E-state index in [-0.39, 0.29) is 35.9 Å². The fourth-order valence-electron chi connectivity index (χ4n) is 16.4. The smallest absolute Gasteiger partial charge is 0.338 e. The van der Waals surface area contributed by atoms with Crippen LogP contribution in [0.2, 0.25) is 0 Å². The van der Waals surface area contributed by atoms with Crippen molar-refractivity contribution in [2.45, 2.75) is 213 Å². The maximum Gasteiger partial charge on any atom is 0.338 e. The molecule has 0 saturated carbocycles. The Morgan fingerprint density at radius 2 is 0.536 bits per heavy atom. The van der Waals surface area contributed by atoms with Crippen molar-refractivity contribution in [3.8, 4) is 0 Å². The number of aliphatic hydroxyl groups excluding tert-OH is 1. The van der Waals surface area contributed by atoms with Gasteiger partial charge in [-0.25, -0.2) is 28.4 Å². The third kappa shape index (κ3) is 36.8. The first-order valence-electron chi connectivity index (χ1n) is 47.8. The lowest BCUT2D eigenvalue weighted by atomic mass is 9.95. The molecule has 0 radical (unpaired) electrons. The number of aliphatic hydroxyl groups is 1. The van der Waals surface area contributed by atoms with Gasteiger partial charge in [0.1, 0.15) is 11.9 Å². The Morgan fingerprint density at radius 1 is 0.283 bits per heavy atom. The predicted molar refractivity (Wildman–Crippen MR) is 544 cm³/mol. The van der Waals surface area contributed by atoms with Crippen molar-refractivity contribution in [2.24, 2.45) is 0 Å². The molecule has 0 fully saturated rings. The SMILES string of the molecule is CCC(=O)Nc1ccccc1CCCCCc1ccccc1C(=O)O.CCC(C(=O)Nc1ccccc1CCCCCc1ccccc1C(=O)OCC(=O)Nc1ccccc1CCCCCc1ccccc1C(=O)O)c1ccccc1.C[C@H](O)C(=O)Nc1ccccc1CCCCCc1ccccc1C(=O)O.O=C(Cc1ccc(F)cc1)Nc1ccccc1CCCCCc1ccccc1C(=O)O. The number of nitrogens with one attached hydrogen (secondary N) is 5. The van der Waals surface area contributed by atoms with Crippen LogP contribution in [0, 0.1) is 5.82 Å². The van der Waals surface area contributed by atoms with E-state index in [0.717, 1.165) is 237 Å². The zero-order valence-electron chi connectivity index (χ0n) is 79.1. The molecule has 0 aliphatic carbocycles. The van der Waals surface area contributed by atoms with Crippen molar-refractivity contribution in [1.29, 1.82) is 0 Å². The largest absolute Gasteiger partial charge is 0.478 e. The lowest BCUT2D eigenvalue weighted by molar-refractivity contribution is -0.123. The van der Waals surface area contributed by atoms with E-state index < -0.39 is 54.4 Å². The van der Waals surface area contributed by atoms with Crippen molar-refractivity contribution >= 4 is 87.8 Å². The Kier molecular flexibility index (Phi) is 45.8. The van der Waals surface area contributed by atoms with Crippen molar-refractivity contribution < 1.29 is 82.6 Å². The lowest BCUT2D eigenvalue weighted by Gasteiger charge is -2.17. The zero-order chi connectivity index (χ0) is 98.6. The van der Waals surface area contributed by atoms with E-state index in [9.17, 15) is 77.9 Å². The number of carbonyl (C=O) groups excluding carboxylic acids is 6. The van der Waals surface area contributed by atoms with Gasteiger partial charge in [0.05, 0.1) is 40.2 Å². The average molecular weight is 1870 g/mol. The van der Waals surface area contributed by atoms with Gasteiger partial charge in [0.25, 0.3) is 11.8 Å². The molecule has 0 saturated heterocycles. The van der Waals surface area contributed by atoms with Gasteiger partial charge < -0.3 is 56.9 Å². The second kappa shape index (κ2) is 59.2. The zero-order valence-corrected chi connectivity index (χ0v) is 79.1. The molecule has 21 nitrogen and oxygen atoms in total. The minimum atomic E-state index is -1.04.